The van der Waals surface area contributed by atoms with Crippen molar-refractivity contribution >= 4 is 17.6 Å². The van der Waals surface area contributed by atoms with E-state index in [9.17, 15) is 18.4 Å². The van der Waals surface area contributed by atoms with Crippen LogP contribution in [-0.2, 0) is 0 Å². The number of rotatable bonds is 3. The van der Waals surface area contributed by atoms with E-state index in [1.807, 2.05) is 0 Å². The van der Waals surface area contributed by atoms with Gasteiger partial charge >= 0.3 is 6.03 Å². The first-order chi connectivity index (χ1) is 12.0. The lowest BCUT2D eigenvalue weighted by molar-refractivity contribution is 0.0789. The van der Waals surface area contributed by atoms with Crippen LogP contribution in [0.25, 0.3) is 0 Å². The Labute approximate surface area is 143 Å². The fourth-order valence-corrected chi connectivity index (χ4v) is 2.75. The number of benzene rings is 2. The Bertz CT molecular complexity index is 780. The molecule has 1 heterocycles. The van der Waals surface area contributed by atoms with E-state index in [1.54, 1.807) is 11.0 Å². The molecule has 0 saturated carbocycles. The van der Waals surface area contributed by atoms with E-state index in [2.05, 4.69) is 10.6 Å². The summed E-state index contributed by atoms with van der Waals surface area (Å²) in [4.78, 5) is 25.9. The molecule has 0 spiro atoms. The average molecular weight is 345 g/mol. The van der Waals surface area contributed by atoms with Crippen LogP contribution < -0.4 is 10.6 Å². The normalized spacial score (nSPS) is 16.6. The van der Waals surface area contributed by atoms with Crippen molar-refractivity contribution in [2.45, 2.75) is 12.5 Å². The molecule has 0 bridgehead atoms. The number of carbonyl (C=O) groups is 2. The number of amides is 3. The van der Waals surface area contributed by atoms with Gasteiger partial charge in [-0.15, -0.1) is 0 Å². The molecule has 5 nitrogen and oxygen atoms in total. The van der Waals surface area contributed by atoms with Crippen molar-refractivity contribution in [1.29, 1.82) is 0 Å². The van der Waals surface area contributed by atoms with Crippen LogP contribution in [0.4, 0.5) is 19.3 Å². The van der Waals surface area contributed by atoms with E-state index >= 15 is 0 Å². The highest BCUT2D eigenvalue weighted by atomic mass is 19.1. The van der Waals surface area contributed by atoms with Crippen LogP contribution in [0.3, 0.4) is 0 Å². The molecule has 1 aliphatic heterocycles. The number of halogens is 2. The van der Waals surface area contributed by atoms with Crippen molar-refractivity contribution in [3.8, 4) is 0 Å². The molecule has 1 saturated heterocycles. The van der Waals surface area contributed by atoms with Gasteiger partial charge in [-0.05, 0) is 48.9 Å². The zero-order valence-corrected chi connectivity index (χ0v) is 13.3. The number of nitrogens with zero attached hydrogens (tertiary/aromatic N) is 1. The van der Waals surface area contributed by atoms with Crippen molar-refractivity contribution < 1.29 is 18.4 Å². The molecule has 3 rings (SSSR count). The van der Waals surface area contributed by atoms with Crippen LogP contribution >= 0.6 is 0 Å². The third-order valence-corrected chi connectivity index (χ3v) is 3.98. The zero-order valence-electron chi connectivity index (χ0n) is 13.3. The highest BCUT2D eigenvalue weighted by molar-refractivity contribution is 5.94. The Morgan fingerprint density at radius 2 is 1.80 bits per heavy atom. The molecule has 2 N–H and O–H groups in total. The summed E-state index contributed by atoms with van der Waals surface area (Å²) in [5, 5.41) is 5.39. The topological polar surface area (TPSA) is 61.4 Å². The maximum absolute atomic E-state index is 13.2. The Kier molecular flexibility index (Phi) is 4.92. The smallest absolute Gasteiger partial charge is 0.319 e. The summed E-state index contributed by atoms with van der Waals surface area (Å²) in [5.74, 6) is -1.10. The van der Waals surface area contributed by atoms with Gasteiger partial charge in [0.25, 0.3) is 5.91 Å². The predicted octanol–water partition coefficient (Wildman–Crippen LogP) is 3.00. The van der Waals surface area contributed by atoms with E-state index in [-0.39, 0.29) is 23.3 Å². The van der Waals surface area contributed by atoms with Crippen LogP contribution in [0.15, 0.2) is 48.5 Å². The van der Waals surface area contributed by atoms with Crippen LogP contribution in [0.1, 0.15) is 16.8 Å². The molecule has 0 aromatic heterocycles. The minimum atomic E-state index is -0.460. The van der Waals surface area contributed by atoms with Crippen LogP contribution in [0.2, 0.25) is 0 Å². The lowest BCUT2D eigenvalue weighted by Crippen LogP contribution is -2.40. The second-order valence-electron chi connectivity index (χ2n) is 5.85. The van der Waals surface area contributed by atoms with Crippen LogP contribution in [-0.4, -0.2) is 36.0 Å². The number of hydrogen-bond donors (Lipinski definition) is 2. The molecule has 2 aromatic rings. The van der Waals surface area contributed by atoms with Gasteiger partial charge in [0.15, 0.2) is 0 Å². The molecule has 25 heavy (non-hydrogen) atoms. The van der Waals surface area contributed by atoms with Crippen molar-refractivity contribution in [1.82, 2.24) is 10.2 Å². The maximum Gasteiger partial charge on any atom is 0.319 e. The van der Waals surface area contributed by atoms with E-state index in [4.69, 9.17) is 0 Å². The molecular formula is C18H17F2N3O2. The van der Waals surface area contributed by atoms with Gasteiger partial charge in [0, 0.05) is 30.4 Å². The van der Waals surface area contributed by atoms with Gasteiger partial charge in [-0.3, -0.25) is 4.79 Å². The van der Waals surface area contributed by atoms with Gasteiger partial charge in [-0.1, -0.05) is 6.07 Å². The second-order valence-corrected chi connectivity index (χ2v) is 5.85. The summed E-state index contributed by atoms with van der Waals surface area (Å²) in [7, 11) is 0. The van der Waals surface area contributed by atoms with Crippen molar-refractivity contribution in [3.63, 3.8) is 0 Å². The van der Waals surface area contributed by atoms with E-state index in [0.29, 0.717) is 25.2 Å². The van der Waals surface area contributed by atoms with Crippen LogP contribution in [0, 0.1) is 11.6 Å². The van der Waals surface area contributed by atoms with Crippen molar-refractivity contribution in [3.05, 3.63) is 65.7 Å². The maximum atomic E-state index is 13.2. The van der Waals surface area contributed by atoms with Gasteiger partial charge in [0.1, 0.15) is 11.6 Å². The Hall–Kier alpha value is -2.96. The minimum Gasteiger partial charge on any atom is -0.337 e. The summed E-state index contributed by atoms with van der Waals surface area (Å²) in [6.07, 6.45) is 0.609. The molecule has 1 fully saturated rings. The molecule has 130 valence electrons. The average Bonchev–Trinajstić information content (AvgIpc) is 3.04. The van der Waals surface area contributed by atoms with Crippen LogP contribution in [0.5, 0.6) is 0 Å². The van der Waals surface area contributed by atoms with Gasteiger partial charge < -0.3 is 15.5 Å². The molecule has 1 atom stereocenters. The summed E-state index contributed by atoms with van der Waals surface area (Å²) < 4.78 is 26.1. The molecule has 0 unspecified atom stereocenters. The third kappa shape index (κ3) is 4.32. The summed E-state index contributed by atoms with van der Waals surface area (Å²) in [5.41, 5.74) is 0.765. The first-order valence-electron chi connectivity index (χ1n) is 7.89. The first-order valence-corrected chi connectivity index (χ1v) is 7.89. The Balaban J connectivity index is 1.53. The van der Waals surface area contributed by atoms with E-state index in [1.165, 1.54) is 42.5 Å². The Morgan fingerprint density at radius 1 is 1.04 bits per heavy atom. The molecular weight excluding hydrogens is 328 g/mol. The van der Waals surface area contributed by atoms with Crippen molar-refractivity contribution in [2.75, 3.05) is 18.4 Å². The molecule has 1 aliphatic rings. The number of nitrogens with one attached hydrogen (secondary N) is 2. The molecule has 7 heteroatoms. The number of carbonyl (C=O) groups excluding carboxylic acids is 2. The standard InChI is InChI=1S/C18H17F2N3O2/c19-13-4-6-15(7-5-13)21-18(25)22-16-8-9-23(11-16)17(24)12-2-1-3-14(20)10-12/h1-7,10,16H,8-9,11H2,(H2,21,22,25)/t16-/m0/s1. The third-order valence-electron chi connectivity index (χ3n) is 3.98. The second kappa shape index (κ2) is 7.29. The largest absolute Gasteiger partial charge is 0.337 e. The van der Waals surface area contributed by atoms with Gasteiger partial charge in [-0.25, -0.2) is 13.6 Å². The monoisotopic (exact) mass is 345 g/mol. The van der Waals surface area contributed by atoms with E-state index < -0.39 is 11.8 Å². The first kappa shape index (κ1) is 16.9. The lowest BCUT2D eigenvalue weighted by atomic mass is 10.2. The summed E-state index contributed by atoms with van der Waals surface area (Å²) in [6, 6.07) is 10.4. The van der Waals surface area contributed by atoms with Gasteiger partial charge in [0.2, 0.25) is 0 Å². The van der Waals surface area contributed by atoms with Crippen molar-refractivity contribution in [2.24, 2.45) is 0 Å². The van der Waals surface area contributed by atoms with Gasteiger partial charge in [0.05, 0.1) is 0 Å². The van der Waals surface area contributed by atoms with Gasteiger partial charge in [-0.2, -0.15) is 0 Å². The highest BCUT2D eigenvalue weighted by Crippen LogP contribution is 2.15. The molecule has 0 radical (unpaired) electrons. The minimum absolute atomic E-state index is 0.196. The highest BCUT2D eigenvalue weighted by Gasteiger charge is 2.28. The zero-order chi connectivity index (χ0) is 17.8. The fraction of sp³-hybridized carbons (Fsp3) is 0.222. The molecule has 3 amide bonds. The number of anilines is 1. The fourth-order valence-electron chi connectivity index (χ4n) is 2.75. The summed E-state index contributed by atoms with van der Waals surface area (Å²) in [6.45, 7) is 0.836. The summed E-state index contributed by atoms with van der Waals surface area (Å²) >= 11 is 0. The predicted molar refractivity (Wildman–Crippen MR) is 89.3 cm³/mol. The molecule has 2 aromatic carbocycles. The SMILES string of the molecule is O=C(Nc1ccc(F)cc1)N[C@H]1CCN(C(=O)c2cccc(F)c2)C1. The Morgan fingerprint density at radius 3 is 2.52 bits per heavy atom. The molecule has 0 aliphatic carbocycles. The number of likely N-dealkylation sites (tertiary alicyclic amines) is 1. The lowest BCUT2D eigenvalue weighted by Gasteiger charge is -2.17. The quantitative estimate of drug-likeness (QED) is 0.898. The van der Waals surface area contributed by atoms with E-state index in [0.717, 1.165) is 0 Å². The number of urea groups is 1. The number of hydrogen-bond acceptors (Lipinski definition) is 2.